The van der Waals surface area contributed by atoms with Gasteiger partial charge in [-0.15, -0.1) is 0 Å². The minimum atomic E-state index is 0. The summed E-state index contributed by atoms with van der Waals surface area (Å²) < 4.78 is 0. The van der Waals surface area contributed by atoms with Crippen molar-refractivity contribution < 1.29 is 16.8 Å². The molecule has 0 bridgehead atoms. The first-order chi connectivity index (χ1) is 23.5. The van der Waals surface area contributed by atoms with Crippen LogP contribution < -0.4 is 0 Å². The molecule has 0 amide bonds. The molecular formula is C44H48CoN4+2. The van der Waals surface area contributed by atoms with Crippen LogP contribution in [0.4, 0.5) is 0 Å². The van der Waals surface area contributed by atoms with E-state index >= 15 is 0 Å². The molecule has 0 N–H and O–H groups in total. The van der Waals surface area contributed by atoms with Crippen molar-refractivity contribution in [2.45, 2.75) is 27.7 Å². The molecule has 5 heteroatoms. The SMILES string of the molecule is C/C(C=NCCN=C/C(C)=C\c1ccccc1)=C/c1ccccc1.C/C(C=NCCN=C/C(C)=C\c1ccccc1)=C/c1ccccc1.[Co+2]. The van der Waals surface area contributed by atoms with Crippen molar-refractivity contribution in [1.82, 2.24) is 0 Å². The minimum absolute atomic E-state index is 0. The summed E-state index contributed by atoms with van der Waals surface area (Å²) in [5, 5.41) is 0. The van der Waals surface area contributed by atoms with Crippen LogP contribution in [0.3, 0.4) is 0 Å². The third-order valence-corrected chi connectivity index (χ3v) is 6.67. The van der Waals surface area contributed by atoms with Gasteiger partial charge in [-0.05, 0) is 72.2 Å². The average molecular weight is 692 g/mol. The number of aliphatic imine (C=N–C) groups is 4. The molecule has 4 rings (SSSR count). The number of rotatable bonds is 14. The zero-order valence-electron chi connectivity index (χ0n) is 29.1. The van der Waals surface area contributed by atoms with Gasteiger partial charge >= 0.3 is 16.8 Å². The Morgan fingerprint density at radius 2 is 0.531 bits per heavy atom. The molecule has 0 atom stereocenters. The largest absolute Gasteiger partial charge is 2.00 e. The van der Waals surface area contributed by atoms with Crippen LogP contribution in [0.5, 0.6) is 0 Å². The summed E-state index contributed by atoms with van der Waals surface area (Å²) in [5.41, 5.74) is 9.36. The molecule has 0 heterocycles. The Kier molecular flexibility index (Phi) is 20.6. The number of hydrogen-bond acceptors (Lipinski definition) is 4. The van der Waals surface area contributed by atoms with Crippen molar-refractivity contribution in [2.24, 2.45) is 20.0 Å². The van der Waals surface area contributed by atoms with Crippen LogP contribution in [0.2, 0.25) is 0 Å². The van der Waals surface area contributed by atoms with Crippen LogP contribution in [-0.2, 0) is 16.8 Å². The first-order valence-electron chi connectivity index (χ1n) is 16.4. The maximum Gasteiger partial charge on any atom is 2.00 e. The Balaban J connectivity index is 0.000000333. The van der Waals surface area contributed by atoms with Crippen molar-refractivity contribution in [3.05, 3.63) is 166 Å². The Bertz CT molecular complexity index is 1450. The van der Waals surface area contributed by atoms with Crippen LogP contribution in [0, 0.1) is 0 Å². The molecule has 4 aromatic carbocycles. The van der Waals surface area contributed by atoms with Gasteiger partial charge in [0, 0.05) is 24.9 Å². The van der Waals surface area contributed by atoms with E-state index in [1.807, 2.05) is 97.7 Å². The van der Waals surface area contributed by atoms with Crippen molar-refractivity contribution in [2.75, 3.05) is 26.2 Å². The summed E-state index contributed by atoms with van der Waals surface area (Å²) in [6, 6.07) is 41.1. The van der Waals surface area contributed by atoms with Gasteiger partial charge in [0.15, 0.2) is 0 Å². The average Bonchev–Trinajstić information content (AvgIpc) is 3.10. The van der Waals surface area contributed by atoms with Gasteiger partial charge in [-0.1, -0.05) is 146 Å². The molecule has 0 unspecified atom stereocenters. The summed E-state index contributed by atoms with van der Waals surface area (Å²) in [5.74, 6) is 0. The minimum Gasteiger partial charge on any atom is -0.291 e. The van der Waals surface area contributed by atoms with Gasteiger partial charge in [-0.25, -0.2) is 0 Å². The summed E-state index contributed by atoms with van der Waals surface area (Å²) in [4.78, 5) is 17.7. The third kappa shape index (κ3) is 19.4. The molecule has 4 aromatic rings. The van der Waals surface area contributed by atoms with Gasteiger partial charge < -0.3 is 0 Å². The molecule has 0 saturated carbocycles. The zero-order chi connectivity index (χ0) is 34.1. The maximum absolute atomic E-state index is 4.42. The van der Waals surface area contributed by atoms with Gasteiger partial charge in [-0.3, -0.25) is 20.0 Å². The van der Waals surface area contributed by atoms with Crippen LogP contribution >= 0.6 is 0 Å². The van der Waals surface area contributed by atoms with Gasteiger partial charge in [-0.2, -0.15) is 0 Å². The molecule has 0 fully saturated rings. The molecule has 1 radical (unpaired) electrons. The monoisotopic (exact) mass is 691 g/mol. The first kappa shape index (κ1) is 40.2. The summed E-state index contributed by atoms with van der Waals surface area (Å²) in [7, 11) is 0. The summed E-state index contributed by atoms with van der Waals surface area (Å²) in [6.07, 6.45) is 16.1. The van der Waals surface area contributed by atoms with Gasteiger partial charge in [0.25, 0.3) is 0 Å². The molecule has 0 aliphatic carbocycles. The molecule has 251 valence electrons. The number of allylic oxidation sites excluding steroid dienone is 4. The summed E-state index contributed by atoms with van der Waals surface area (Å²) in [6.45, 7) is 11.1. The predicted molar refractivity (Wildman–Crippen MR) is 214 cm³/mol. The topological polar surface area (TPSA) is 49.4 Å². The standard InChI is InChI=1S/2C22H24N2.Co/c2*1-19(15-21-9-5-3-6-10-21)17-23-13-14-24-18-20(2)16-22-11-7-4-8-12-22;/h2*3-12,15-18H,13-14H2,1-2H3;/q;;+2/b2*19-15-,20-16-,23-17?,24-18?;. The molecule has 0 aliphatic rings. The van der Waals surface area contributed by atoms with Crippen LogP contribution in [-0.4, -0.2) is 51.0 Å². The van der Waals surface area contributed by atoms with Crippen molar-refractivity contribution >= 4 is 49.2 Å². The van der Waals surface area contributed by atoms with Crippen LogP contribution in [0.1, 0.15) is 49.9 Å². The predicted octanol–water partition coefficient (Wildman–Crippen LogP) is 10.7. The molecule has 0 spiro atoms. The molecular weight excluding hydrogens is 643 g/mol. The Morgan fingerprint density at radius 3 is 0.714 bits per heavy atom. The van der Waals surface area contributed by atoms with E-state index in [0.29, 0.717) is 26.2 Å². The fourth-order valence-electron chi connectivity index (χ4n) is 4.46. The zero-order valence-corrected chi connectivity index (χ0v) is 30.2. The van der Waals surface area contributed by atoms with E-state index in [0.717, 1.165) is 22.3 Å². The van der Waals surface area contributed by atoms with Crippen LogP contribution in [0.15, 0.2) is 164 Å². The van der Waals surface area contributed by atoms with E-state index in [1.54, 1.807) is 0 Å². The smallest absolute Gasteiger partial charge is 0.291 e. The number of hydrogen-bond donors (Lipinski definition) is 0. The van der Waals surface area contributed by atoms with E-state index in [-0.39, 0.29) is 16.8 Å². The second kappa shape index (κ2) is 25.1. The molecule has 0 saturated heterocycles. The van der Waals surface area contributed by atoms with E-state index in [2.05, 4.69) is 120 Å². The fourth-order valence-corrected chi connectivity index (χ4v) is 4.46. The second-order valence-corrected chi connectivity index (χ2v) is 11.3. The molecule has 4 nitrogen and oxygen atoms in total. The van der Waals surface area contributed by atoms with E-state index in [9.17, 15) is 0 Å². The van der Waals surface area contributed by atoms with Crippen LogP contribution in [0.25, 0.3) is 24.3 Å². The van der Waals surface area contributed by atoms with Crippen molar-refractivity contribution in [3.8, 4) is 0 Å². The summed E-state index contributed by atoms with van der Waals surface area (Å²) >= 11 is 0. The molecule has 0 aromatic heterocycles. The number of nitrogens with zero attached hydrogens (tertiary/aromatic N) is 4. The molecule has 49 heavy (non-hydrogen) atoms. The van der Waals surface area contributed by atoms with E-state index < -0.39 is 0 Å². The Morgan fingerprint density at radius 1 is 0.347 bits per heavy atom. The third-order valence-electron chi connectivity index (χ3n) is 6.67. The Hall–Kier alpha value is -4.97. The second-order valence-electron chi connectivity index (χ2n) is 11.3. The first-order valence-corrected chi connectivity index (χ1v) is 16.4. The molecule has 0 aliphatic heterocycles. The normalized spacial score (nSPS) is 12.8. The Labute approximate surface area is 304 Å². The number of benzene rings is 4. The van der Waals surface area contributed by atoms with Gasteiger partial charge in [0.05, 0.1) is 26.2 Å². The fraction of sp³-hybridized carbons (Fsp3) is 0.182. The van der Waals surface area contributed by atoms with E-state index in [4.69, 9.17) is 0 Å². The van der Waals surface area contributed by atoms with Crippen molar-refractivity contribution in [3.63, 3.8) is 0 Å². The van der Waals surface area contributed by atoms with E-state index in [1.165, 1.54) is 22.3 Å². The maximum atomic E-state index is 4.42. The van der Waals surface area contributed by atoms with Crippen molar-refractivity contribution in [1.29, 1.82) is 0 Å². The van der Waals surface area contributed by atoms with Gasteiger partial charge in [0.1, 0.15) is 0 Å². The van der Waals surface area contributed by atoms with Gasteiger partial charge in [0.2, 0.25) is 0 Å². The quantitative estimate of drug-likeness (QED) is 0.0934.